The Bertz CT molecular complexity index is 1290. The van der Waals surface area contributed by atoms with Crippen molar-refractivity contribution in [3.63, 3.8) is 0 Å². The van der Waals surface area contributed by atoms with Gasteiger partial charge in [-0.15, -0.1) is 0 Å². The second kappa shape index (κ2) is 9.85. The SMILES string of the molecule is CSCCn1c(=NC(=O)C(c2ccccc2)c2ccccc2)sc2cc3c(cc21)OCCO3. The van der Waals surface area contributed by atoms with Crippen molar-refractivity contribution in [3.8, 4) is 11.5 Å². The van der Waals surface area contributed by atoms with Gasteiger partial charge in [0.15, 0.2) is 16.3 Å². The molecule has 0 spiro atoms. The highest BCUT2D eigenvalue weighted by molar-refractivity contribution is 7.98. The van der Waals surface area contributed by atoms with Gasteiger partial charge in [0.25, 0.3) is 5.91 Å². The molecule has 3 aromatic carbocycles. The van der Waals surface area contributed by atoms with Crippen LogP contribution in [0.5, 0.6) is 11.5 Å². The number of fused-ring (bicyclic) bond motifs is 2. The van der Waals surface area contributed by atoms with Gasteiger partial charge >= 0.3 is 0 Å². The molecule has 0 saturated heterocycles. The van der Waals surface area contributed by atoms with Gasteiger partial charge in [-0.2, -0.15) is 16.8 Å². The molecule has 0 N–H and O–H groups in total. The van der Waals surface area contributed by atoms with Crippen LogP contribution in [0.15, 0.2) is 77.8 Å². The highest BCUT2D eigenvalue weighted by Gasteiger charge is 2.23. The van der Waals surface area contributed by atoms with Crippen LogP contribution in [0, 0.1) is 0 Å². The molecule has 1 aromatic heterocycles. The van der Waals surface area contributed by atoms with Crippen molar-refractivity contribution in [1.82, 2.24) is 4.57 Å². The molecular formula is C26H24N2O3S2. The molecule has 0 aliphatic carbocycles. The summed E-state index contributed by atoms with van der Waals surface area (Å²) < 4.78 is 14.7. The van der Waals surface area contributed by atoms with Crippen molar-refractivity contribution in [2.24, 2.45) is 4.99 Å². The van der Waals surface area contributed by atoms with E-state index >= 15 is 0 Å². The number of amides is 1. The molecule has 0 radical (unpaired) electrons. The van der Waals surface area contributed by atoms with E-state index in [4.69, 9.17) is 9.47 Å². The van der Waals surface area contributed by atoms with Gasteiger partial charge in [0.05, 0.1) is 16.1 Å². The van der Waals surface area contributed by atoms with Crippen LogP contribution >= 0.6 is 23.1 Å². The standard InChI is InChI=1S/C26H24N2O3S2/c1-32-15-12-28-20-16-21-22(31-14-13-30-21)17-23(20)33-26(28)27-25(29)24(18-8-4-2-5-9-18)19-10-6-3-7-11-19/h2-11,16-17,24H,12-15H2,1H3. The first kappa shape index (κ1) is 21.8. The molecule has 168 valence electrons. The van der Waals surface area contributed by atoms with E-state index in [-0.39, 0.29) is 5.91 Å². The van der Waals surface area contributed by atoms with Crippen molar-refractivity contribution in [3.05, 3.63) is 88.7 Å². The molecular weight excluding hydrogens is 452 g/mol. The van der Waals surface area contributed by atoms with Crippen LogP contribution in [0.25, 0.3) is 10.2 Å². The Morgan fingerprint density at radius 2 is 1.61 bits per heavy atom. The minimum atomic E-state index is -0.452. The van der Waals surface area contributed by atoms with E-state index in [1.165, 1.54) is 11.3 Å². The Morgan fingerprint density at radius 1 is 1.00 bits per heavy atom. The van der Waals surface area contributed by atoms with E-state index in [9.17, 15) is 4.79 Å². The maximum absolute atomic E-state index is 13.6. The van der Waals surface area contributed by atoms with Gasteiger partial charge in [0, 0.05) is 24.4 Å². The lowest BCUT2D eigenvalue weighted by Crippen LogP contribution is -2.21. The molecule has 1 aliphatic rings. The first-order chi connectivity index (χ1) is 16.2. The summed E-state index contributed by atoms with van der Waals surface area (Å²) in [5.41, 5.74) is 2.89. The summed E-state index contributed by atoms with van der Waals surface area (Å²) in [4.78, 5) is 19.0. The number of ether oxygens (including phenoxy) is 2. The fourth-order valence-corrected chi connectivity index (χ4v) is 5.45. The summed E-state index contributed by atoms with van der Waals surface area (Å²) >= 11 is 3.28. The number of carbonyl (C=O) groups excluding carboxylic acids is 1. The topological polar surface area (TPSA) is 52.8 Å². The maximum Gasteiger partial charge on any atom is 0.260 e. The van der Waals surface area contributed by atoms with Crippen LogP contribution in [0.3, 0.4) is 0 Å². The van der Waals surface area contributed by atoms with Crippen LogP contribution in [0.4, 0.5) is 0 Å². The van der Waals surface area contributed by atoms with Crippen LogP contribution < -0.4 is 14.3 Å². The molecule has 0 unspecified atom stereocenters. The van der Waals surface area contributed by atoms with Gasteiger partial charge in [-0.1, -0.05) is 72.0 Å². The molecule has 5 nitrogen and oxygen atoms in total. The number of thiazole rings is 1. The summed E-state index contributed by atoms with van der Waals surface area (Å²) in [6, 6.07) is 23.7. The fourth-order valence-electron chi connectivity index (χ4n) is 4.02. The van der Waals surface area contributed by atoms with E-state index in [2.05, 4.69) is 15.8 Å². The van der Waals surface area contributed by atoms with E-state index in [1.54, 1.807) is 11.8 Å². The third-order valence-corrected chi connectivity index (χ3v) is 7.22. The monoisotopic (exact) mass is 476 g/mol. The third-order valence-electron chi connectivity index (χ3n) is 5.58. The lowest BCUT2D eigenvalue weighted by Gasteiger charge is -2.18. The van der Waals surface area contributed by atoms with Crippen molar-refractivity contribution in [1.29, 1.82) is 0 Å². The molecule has 0 fully saturated rings. The van der Waals surface area contributed by atoms with Gasteiger partial charge in [0.2, 0.25) is 0 Å². The summed E-state index contributed by atoms with van der Waals surface area (Å²) in [5, 5.41) is 0. The Morgan fingerprint density at radius 3 is 2.21 bits per heavy atom. The third kappa shape index (κ3) is 4.56. The van der Waals surface area contributed by atoms with Crippen molar-refractivity contribution in [2.75, 3.05) is 25.2 Å². The number of hydrogen-bond donors (Lipinski definition) is 0. The van der Waals surface area contributed by atoms with Crippen LogP contribution in [-0.2, 0) is 11.3 Å². The number of aryl methyl sites for hydroxylation is 1. The molecule has 7 heteroatoms. The Balaban J connectivity index is 1.63. The predicted molar refractivity (Wildman–Crippen MR) is 134 cm³/mol. The van der Waals surface area contributed by atoms with Gasteiger partial charge in [-0.3, -0.25) is 4.79 Å². The zero-order valence-corrected chi connectivity index (χ0v) is 19.9. The van der Waals surface area contributed by atoms with E-state index in [1.807, 2.05) is 72.8 Å². The summed E-state index contributed by atoms with van der Waals surface area (Å²) in [6.45, 7) is 1.84. The molecule has 0 atom stereocenters. The number of rotatable bonds is 6. The van der Waals surface area contributed by atoms with Gasteiger partial charge in [-0.25, -0.2) is 0 Å². The first-order valence-corrected chi connectivity index (χ1v) is 13.1. The van der Waals surface area contributed by atoms with E-state index in [0.29, 0.717) is 18.0 Å². The van der Waals surface area contributed by atoms with Gasteiger partial charge < -0.3 is 14.0 Å². The molecule has 1 aliphatic heterocycles. The lowest BCUT2D eigenvalue weighted by molar-refractivity contribution is -0.118. The number of thioether (sulfide) groups is 1. The molecule has 4 aromatic rings. The Kier molecular flexibility index (Phi) is 6.51. The minimum absolute atomic E-state index is 0.172. The smallest absolute Gasteiger partial charge is 0.260 e. The molecule has 5 rings (SSSR count). The highest BCUT2D eigenvalue weighted by atomic mass is 32.2. The largest absolute Gasteiger partial charge is 0.486 e. The fraction of sp³-hybridized carbons (Fsp3) is 0.231. The number of carbonyl (C=O) groups is 1. The average molecular weight is 477 g/mol. The van der Waals surface area contributed by atoms with Crippen LogP contribution in [0.2, 0.25) is 0 Å². The number of benzene rings is 3. The second-order valence-electron chi connectivity index (χ2n) is 7.70. The average Bonchev–Trinajstić information content (AvgIpc) is 3.18. The molecule has 0 saturated carbocycles. The molecule has 0 bridgehead atoms. The summed E-state index contributed by atoms with van der Waals surface area (Å²) in [7, 11) is 0. The lowest BCUT2D eigenvalue weighted by atomic mass is 9.91. The quantitative estimate of drug-likeness (QED) is 0.389. The van der Waals surface area contributed by atoms with E-state index in [0.717, 1.165) is 45.1 Å². The molecule has 1 amide bonds. The van der Waals surface area contributed by atoms with Gasteiger partial charge in [-0.05, 0) is 17.4 Å². The highest BCUT2D eigenvalue weighted by Crippen LogP contribution is 2.36. The zero-order chi connectivity index (χ0) is 22.6. The normalized spacial score (nSPS) is 13.6. The Labute approximate surface area is 200 Å². The zero-order valence-electron chi connectivity index (χ0n) is 18.3. The molecule has 33 heavy (non-hydrogen) atoms. The maximum atomic E-state index is 13.6. The van der Waals surface area contributed by atoms with Crippen LogP contribution in [-0.4, -0.2) is 35.7 Å². The number of nitrogens with zero attached hydrogens (tertiary/aromatic N) is 2. The second-order valence-corrected chi connectivity index (χ2v) is 9.69. The minimum Gasteiger partial charge on any atom is -0.486 e. The Hall–Kier alpha value is -3.03. The predicted octanol–water partition coefficient (Wildman–Crippen LogP) is 5.10. The number of aromatic nitrogens is 1. The summed E-state index contributed by atoms with van der Waals surface area (Å²) in [6.07, 6.45) is 2.08. The molecule has 2 heterocycles. The summed E-state index contributed by atoms with van der Waals surface area (Å²) in [5.74, 6) is 1.79. The van der Waals surface area contributed by atoms with Crippen molar-refractivity contribution >= 4 is 39.2 Å². The first-order valence-electron chi connectivity index (χ1n) is 10.8. The number of hydrogen-bond acceptors (Lipinski definition) is 5. The van der Waals surface area contributed by atoms with Crippen LogP contribution in [0.1, 0.15) is 17.0 Å². The van der Waals surface area contributed by atoms with E-state index < -0.39 is 5.92 Å². The van der Waals surface area contributed by atoms with Crippen molar-refractivity contribution < 1.29 is 14.3 Å². The van der Waals surface area contributed by atoms with Gasteiger partial charge in [0.1, 0.15) is 13.2 Å². The van der Waals surface area contributed by atoms with Crippen molar-refractivity contribution in [2.45, 2.75) is 12.5 Å².